The van der Waals surface area contributed by atoms with Crippen molar-refractivity contribution in [3.8, 4) is 0 Å². The number of rotatable bonds is 4. The number of nitrogens with zero attached hydrogens (tertiary/aromatic N) is 1. The van der Waals surface area contributed by atoms with Crippen LogP contribution in [0.5, 0.6) is 0 Å². The van der Waals surface area contributed by atoms with Gasteiger partial charge in [-0.05, 0) is 43.4 Å². The van der Waals surface area contributed by atoms with Crippen LogP contribution in [0.2, 0.25) is 0 Å². The number of aromatic carboxylic acids is 1. The Morgan fingerprint density at radius 1 is 1.23 bits per heavy atom. The fraction of sp³-hybridized carbons (Fsp3) is 0.312. The largest absolute Gasteiger partial charge is 0.478 e. The second kappa shape index (κ2) is 6.01. The van der Waals surface area contributed by atoms with Gasteiger partial charge in [-0.2, -0.15) is 0 Å². The number of aryl methyl sites for hydroxylation is 1. The summed E-state index contributed by atoms with van der Waals surface area (Å²) in [5.74, 6) is -0.479. The summed E-state index contributed by atoms with van der Waals surface area (Å²) in [7, 11) is 0. The lowest BCUT2D eigenvalue weighted by molar-refractivity contribution is 0.0697. The molecule has 0 saturated carbocycles. The second-order valence-electron chi connectivity index (χ2n) is 5.40. The van der Waals surface area contributed by atoms with Crippen molar-refractivity contribution in [3.63, 3.8) is 0 Å². The summed E-state index contributed by atoms with van der Waals surface area (Å²) in [5.41, 5.74) is 2.81. The second-order valence-corrected chi connectivity index (χ2v) is 5.40. The number of carboxylic acids is 1. The Balaban J connectivity index is 1.72. The van der Waals surface area contributed by atoms with E-state index in [1.54, 1.807) is 24.3 Å². The van der Waals surface area contributed by atoms with E-state index in [-0.39, 0.29) is 11.1 Å². The third-order valence-corrected chi connectivity index (χ3v) is 3.85. The number of carboxylic acid groups (broad SMARTS) is 1. The van der Waals surface area contributed by atoms with Crippen LogP contribution in [0.15, 0.2) is 29.1 Å². The zero-order valence-corrected chi connectivity index (χ0v) is 12.1. The molecule has 0 aliphatic heterocycles. The molecule has 2 aromatic rings. The Kier molecular flexibility index (Phi) is 3.91. The molecule has 114 valence electrons. The van der Waals surface area contributed by atoms with Crippen LogP contribution in [0.25, 0.3) is 0 Å². The summed E-state index contributed by atoms with van der Waals surface area (Å²) in [5, 5.41) is 11.9. The Morgan fingerprint density at radius 3 is 2.68 bits per heavy atom. The molecule has 6 heteroatoms. The number of carbonyl (C=O) groups is 1. The van der Waals surface area contributed by atoms with E-state index in [1.807, 2.05) is 0 Å². The van der Waals surface area contributed by atoms with Crippen molar-refractivity contribution in [2.75, 3.05) is 5.32 Å². The van der Waals surface area contributed by atoms with Gasteiger partial charge >= 0.3 is 5.97 Å². The van der Waals surface area contributed by atoms with Crippen molar-refractivity contribution in [2.24, 2.45) is 0 Å². The van der Waals surface area contributed by atoms with E-state index < -0.39 is 5.97 Å². The molecule has 22 heavy (non-hydrogen) atoms. The Labute approximate surface area is 127 Å². The zero-order chi connectivity index (χ0) is 15.5. The summed E-state index contributed by atoms with van der Waals surface area (Å²) in [6, 6.07) is 6.60. The molecule has 0 radical (unpaired) electrons. The molecule has 0 bridgehead atoms. The van der Waals surface area contributed by atoms with Gasteiger partial charge in [0, 0.05) is 12.1 Å². The first-order valence-electron chi connectivity index (χ1n) is 7.31. The molecule has 0 atom stereocenters. The van der Waals surface area contributed by atoms with Gasteiger partial charge in [-0.3, -0.25) is 9.78 Å². The van der Waals surface area contributed by atoms with Crippen LogP contribution in [0, 0.1) is 0 Å². The highest BCUT2D eigenvalue weighted by atomic mass is 16.4. The van der Waals surface area contributed by atoms with Gasteiger partial charge in [-0.25, -0.2) is 9.78 Å². The van der Waals surface area contributed by atoms with Crippen LogP contribution in [0.1, 0.15) is 40.0 Å². The number of fused-ring (bicyclic) bond motifs is 1. The normalized spacial score (nSPS) is 13.5. The summed E-state index contributed by atoms with van der Waals surface area (Å²) in [6.07, 6.45) is 3.76. The van der Waals surface area contributed by atoms with Gasteiger partial charge in [-0.15, -0.1) is 0 Å². The maximum Gasteiger partial charge on any atom is 0.335 e. The summed E-state index contributed by atoms with van der Waals surface area (Å²) in [6.45, 7) is 0.474. The van der Waals surface area contributed by atoms with Gasteiger partial charge in [-0.1, -0.05) is 12.1 Å². The quantitative estimate of drug-likeness (QED) is 0.802. The predicted molar refractivity (Wildman–Crippen MR) is 82.2 cm³/mol. The van der Waals surface area contributed by atoms with Gasteiger partial charge in [0.2, 0.25) is 5.95 Å². The fourth-order valence-corrected chi connectivity index (χ4v) is 2.64. The van der Waals surface area contributed by atoms with Crippen LogP contribution in [0.4, 0.5) is 5.95 Å². The fourth-order valence-electron chi connectivity index (χ4n) is 2.64. The summed E-state index contributed by atoms with van der Waals surface area (Å²) < 4.78 is 0. The maximum absolute atomic E-state index is 12.0. The third kappa shape index (κ3) is 3.00. The molecule has 1 aromatic heterocycles. The highest BCUT2D eigenvalue weighted by molar-refractivity contribution is 5.87. The number of hydrogen-bond donors (Lipinski definition) is 3. The highest BCUT2D eigenvalue weighted by Gasteiger charge is 2.15. The molecule has 0 spiro atoms. The molecule has 1 aliphatic carbocycles. The smallest absolute Gasteiger partial charge is 0.335 e. The molecular weight excluding hydrogens is 282 g/mol. The molecule has 0 amide bonds. The van der Waals surface area contributed by atoms with Crippen molar-refractivity contribution in [2.45, 2.75) is 32.2 Å². The van der Waals surface area contributed by atoms with Crippen LogP contribution in [-0.2, 0) is 19.4 Å². The number of hydrogen-bond acceptors (Lipinski definition) is 4. The van der Waals surface area contributed by atoms with Gasteiger partial charge in [0.25, 0.3) is 5.56 Å². The molecule has 0 unspecified atom stereocenters. The summed E-state index contributed by atoms with van der Waals surface area (Å²) in [4.78, 5) is 30.1. The molecule has 0 saturated heterocycles. The standard InChI is InChI=1S/C16H17N3O3/c20-14-12-3-1-2-4-13(12)18-16(19-14)17-9-10-5-7-11(8-6-10)15(21)22/h5-8H,1-4,9H2,(H,21,22)(H2,17,18,19,20). The van der Waals surface area contributed by atoms with Crippen molar-refractivity contribution < 1.29 is 9.90 Å². The average molecular weight is 299 g/mol. The van der Waals surface area contributed by atoms with Crippen LogP contribution in [-0.4, -0.2) is 21.0 Å². The van der Waals surface area contributed by atoms with Gasteiger partial charge in [0.1, 0.15) is 0 Å². The van der Waals surface area contributed by atoms with E-state index in [1.165, 1.54) is 0 Å². The minimum Gasteiger partial charge on any atom is -0.478 e. The van der Waals surface area contributed by atoms with Crippen LogP contribution < -0.4 is 10.9 Å². The lowest BCUT2D eigenvalue weighted by atomic mass is 9.97. The number of H-pyrrole nitrogens is 1. The molecular formula is C16H17N3O3. The van der Waals surface area contributed by atoms with E-state index in [9.17, 15) is 9.59 Å². The van der Waals surface area contributed by atoms with Gasteiger partial charge in [0.05, 0.1) is 11.3 Å². The number of nitrogens with one attached hydrogen (secondary N) is 2. The molecule has 1 aromatic carbocycles. The van der Waals surface area contributed by atoms with Gasteiger partial charge in [0.15, 0.2) is 0 Å². The minimum atomic E-state index is -0.944. The average Bonchev–Trinajstić information content (AvgIpc) is 2.53. The third-order valence-electron chi connectivity index (χ3n) is 3.85. The maximum atomic E-state index is 12.0. The zero-order valence-electron chi connectivity index (χ0n) is 12.1. The summed E-state index contributed by atoms with van der Waals surface area (Å²) >= 11 is 0. The van der Waals surface area contributed by atoms with Gasteiger partial charge < -0.3 is 10.4 Å². The highest BCUT2D eigenvalue weighted by Crippen LogP contribution is 2.17. The Hall–Kier alpha value is -2.63. The lowest BCUT2D eigenvalue weighted by Gasteiger charge is -2.15. The van der Waals surface area contributed by atoms with E-state index in [4.69, 9.17) is 5.11 Å². The lowest BCUT2D eigenvalue weighted by Crippen LogP contribution is -2.22. The van der Waals surface area contributed by atoms with E-state index in [0.29, 0.717) is 12.5 Å². The molecule has 3 rings (SSSR count). The van der Waals surface area contributed by atoms with Crippen molar-refractivity contribution in [1.29, 1.82) is 0 Å². The monoisotopic (exact) mass is 299 g/mol. The molecule has 1 aliphatic rings. The predicted octanol–water partition coefficient (Wildman–Crippen LogP) is 1.96. The number of aromatic amines is 1. The Bertz CT molecular complexity index is 750. The number of aromatic nitrogens is 2. The van der Waals surface area contributed by atoms with E-state index >= 15 is 0 Å². The van der Waals surface area contributed by atoms with Crippen molar-refractivity contribution >= 4 is 11.9 Å². The van der Waals surface area contributed by atoms with Crippen LogP contribution in [0.3, 0.4) is 0 Å². The number of anilines is 1. The topological polar surface area (TPSA) is 95.1 Å². The minimum absolute atomic E-state index is 0.0616. The van der Waals surface area contributed by atoms with Crippen molar-refractivity contribution in [3.05, 3.63) is 57.0 Å². The first kappa shape index (κ1) is 14.3. The molecule has 0 fully saturated rings. The molecule has 3 N–H and O–H groups in total. The Morgan fingerprint density at radius 2 is 1.95 bits per heavy atom. The van der Waals surface area contributed by atoms with Crippen molar-refractivity contribution in [1.82, 2.24) is 9.97 Å². The van der Waals surface area contributed by atoms with E-state index in [0.717, 1.165) is 42.5 Å². The number of benzene rings is 1. The van der Waals surface area contributed by atoms with Crippen LogP contribution >= 0.6 is 0 Å². The SMILES string of the molecule is O=C(O)c1ccc(CNc2nc3c(c(=O)[nH]2)CCCC3)cc1. The van der Waals surface area contributed by atoms with E-state index in [2.05, 4.69) is 15.3 Å². The first-order valence-corrected chi connectivity index (χ1v) is 7.31. The molecule has 6 nitrogen and oxygen atoms in total. The molecule has 1 heterocycles. The first-order chi connectivity index (χ1) is 10.6.